The summed E-state index contributed by atoms with van der Waals surface area (Å²) in [5.74, 6) is 0.00920. The van der Waals surface area contributed by atoms with E-state index in [1.165, 1.54) is 12.5 Å². The van der Waals surface area contributed by atoms with E-state index in [9.17, 15) is 14.7 Å². The summed E-state index contributed by atoms with van der Waals surface area (Å²) in [7, 11) is 1.63. The third-order valence-corrected chi connectivity index (χ3v) is 4.55. The molecule has 1 aromatic heterocycles. The van der Waals surface area contributed by atoms with E-state index in [1.807, 2.05) is 24.3 Å². The number of aliphatic hydroxyl groups excluding tert-OH is 1. The van der Waals surface area contributed by atoms with Crippen LogP contribution in [-0.4, -0.2) is 77.7 Å². The molecule has 0 spiro atoms. The molecule has 1 saturated heterocycles. The lowest BCUT2D eigenvalue weighted by Crippen LogP contribution is -2.56. The van der Waals surface area contributed by atoms with Crippen LogP contribution in [0.4, 0.5) is 5.69 Å². The molecule has 3 rings (SSSR count). The van der Waals surface area contributed by atoms with E-state index in [-0.39, 0.29) is 11.6 Å². The molecule has 1 atom stereocenters. The number of methoxy groups -OCH3 is 1. The Balaban J connectivity index is 1.59. The molecule has 0 unspecified atom stereocenters. The average Bonchev–Trinajstić information content (AvgIpc) is 3.26. The van der Waals surface area contributed by atoms with E-state index in [1.54, 1.807) is 12.0 Å². The van der Waals surface area contributed by atoms with E-state index in [4.69, 9.17) is 4.74 Å². The smallest absolute Gasteiger partial charge is 0.270 e. The number of nitrogens with zero attached hydrogens (tertiary/aromatic N) is 3. The molecule has 0 radical (unpaired) electrons. The van der Waals surface area contributed by atoms with Crippen LogP contribution >= 0.6 is 0 Å². The van der Waals surface area contributed by atoms with Crippen LogP contribution in [0.5, 0.6) is 5.75 Å². The lowest BCUT2D eigenvalue weighted by atomic mass is 10.2. The van der Waals surface area contributed by atoms with Crippen molar-refractivity contribution in [3.63, 3.8) is 0 Å². The molecule has 9 nitrogen and oxygen atoms in total. The Hall–Kier alpha value is -3.07. The summed E-state index contributed by atoms with van der Waals surface area (Å²) < 4.78 is 5.40. The van der Waals surface area contributed by atoms with Crippen LogP contribution in [0.3, 0.4) is 0 Å². The van der Waals surface area contributed by atoms with Crippen LogP contribution < -0.4 is 15.0 Å². The number of amides is 2. The number of aromatic amines is 1. The molecule has 0 saturated carbocycles. The number of piperazine rings is 1. The minimum atomic E-state index is -0.987. The van der Waals surface area contributed by atoms with Gasteiger partial charge in [-0.15, -0.1) is 0 Å². The summed E-state index contributed by atoms with van der Waals surface area (Å²) in [5.41, 5.74) is 1.22. The molecule has 1 aliphatic heterocycles. The SMILES string of the molecule is COc1ccccc1N1CCN(C(=O)[C@H](CO)NC(=O)c2cnc[nH]2)CC1. The molecule has 27 heavy (non-hydrogen) atoms. The van der Waals surface area contributed by atoms with E-state index >= 15 is 0 Å². The van der Waals surface area contributed by atoms with Gasteiger partial charge in [-0.1, -0.05) is 12.1 Å². The molecule has 144 valence electrons. The number of aliphatic hydroxyl groups is 1. The maximum atomic E-state index is 12.7. The van der Waals surface area contributed by atoms with Gasteiger partial charge in [0.15, 0.2) is 0 Å². The van der Waals surface area contributed by atoms with Crippen LogP contribution in [0.2, 0.25) is 0 Å². The Labute approximate surface area is 156 Å². The number of nitrogens with one attached hydrogen (secondary N) is 2. The fraction of sp³-hybridized carbons (Fsp3) is 0.389. The van der Waals surface area contributed by atoms with Gasteiger partial charge in [-0.3, -0.25) is 9.59 Å². The predicted octanol–water partition coefficient (Wildman–Crippen LogP) is -0.142. The molecule has 1 fully saturated rings. The number of carbonyl (C=O) groups is 2. The molecular weight excluding hydrogens is 350 g/mol. The molecule has 9 heteroatoms. The number of benzene rings is 1. The predicted molar refractivity (Wildman–Crippen MR) is 98.7 cm³/mol. The van der Waals surface area contributed by atoms with E-state index in [2.05, 4.69) is 20.2 Å². The van der Waals surface area contributed by atoms with Crippen molar-refractivity contribution >= 4 is 17.5 Å². The van der Waals surface area contributed by atoms with Gasteiger partial charge in [-0.2, -0.15) is 0 Å². The number of hydrogen-bond donors (Lipinski definition) is 3. The Morgan fingerprint density at radius 2 is 2.04 bits per heavy atom. The summed E-state index contributed by atoms with van der Waals surface area (Å²) in [6, 6.07) is 6.76. The number of H-pyrrole nitrogens is 1. The number of aromatic nitrogens is 2. The molecule has 0 aliphatic carbocycles. The van der Waals surface area contributed by atoms with Crippen molar-refractivity contribution in [1.29, 1.82) is 0 Å². The zero-order valence-corrected chi connectivity index (χ0v) is 15.1. The van der Waals surface area contributed by atoms with Crippen LogP contribution in [0.25, 0.3) is 0 Å². The van der Waals surface area contributed by atoms with Crippen molar-refractivity contribution < 1.29 is 19.4 Å². The van der Waals surface area contributed by atoms with Gasteiger partial charge in [0.2, 0.25) is 5.91 Å². The Kier molecular flexibility index (Phi) is 5.92. The van der Waals surface area contributed by atoms with Crippen LogP contribution in [0.15, 0.2) is 36.8 Å². The molecule has 2 amide bonds. The van der Waals surface area contributed by atoms with Crippen LogP contribution in [0.1, 0.15) is 10.5 Å². The zero-order valence-electron chi connectivity index (χ0n) is 15.1. The minimum Gasteiger partial charge on any atom is -0.495 e. The highest BCUT2D eigenvalue weighted by molar-refractivity contribution is 5.96. The Morgan fingerprint density at radius 1 is 1.30 bits per heavy atom. The highest BCUT2D eigenvalue weighted by Gasteiger charge is 2.29. The zero-order chi connectivity index (χ0) is 19.2. The second-order valence-corrected chi connectivity index (χ2v) is 6.16. The highest BCUT2D eigenvalue weighted by atomic mass is 16.5. The van der Waals surface area contributed by atoms with Gasteiger partial charge in [0.1, 0.15) is 17.5 Å². The maximum Gasteiger partial charge on any atom is 0.270 e. The van der Waals surface area contributed by atoms with Gasteiger partial charge < -0.3 is 29.9 Å². The molecule has 2 heterocycles. The monoisotopic (exact) mass is 373 g/mol. The molecule has 3 N–H and O–H groups in total. The lowest BCUT2D eigenvalue weighted by Gasteiger charge is -2.37. The summed E-state index contributed by atoms with van der Waals surface area (Å²) >= 11 is 0. The van der Waals surface area contributed by atoms with Crippen molar-refractivity contribution in [2.45, 2.75) is 6.04 Å². The van der Waals surface area contributed by atoms with Gasteiger partial charge in [-0.05, 0) is 12.1 Å². The summed E-state index contributed by atoms with van der Waals surface area (Å²) in [6.07, 6.45) is 2.74. The third kappa shape index (κ3) is 4.20. The fourth-order valence-electron chi connectivity index (χ4n) is 3.08. The summed E-state index contributed by atoms with van der Waals surface area (Å²) in [6.45, 7) is 1.80. The quantitative estimate of drug-likeness (QED) is 0.650. The number of rotatable bonds is 6. The van der Waals surface area contributed by atoms with E-state index in [0.29, 0.717) is 26.2 Å². The number of ether oxygens (including phenoxy) is 1. The first-order valence-corrected chi connectivity index (χ1v) is 8.71. The van der Waals surface area contributed by atoms with E-state index < -0.39 is 18.6 Å². The third-order valence-electron chi connectivity index (χ3n) is 4.55. The first-order valence-electron chi connectivity index (χ1n) is 8.71. The minimum absolute atomic E-state index is 0.238. The van der Waals surface area contributed by atoms with Crippen LogP contribution in [-0.2, 0) is 4.79 Å². The number of carbonyl (C=O) groups excluding carboxylic acids is 2. The Bertz CT molecular complexity index is 772. The Morgan fingerprint density at radius 3 is 2.67 bits per heavy atom. The van der Waals surface area contributed by atoms with Crippen molar-refractivity contribution in [2.75, 3.05) is 44.8 Å². The number of para-hydroxylation sites is 2. The van der Waals surface area contributed by atoms with Crippen molar-refractivity contribution in [3.8, 4) is 5.75 Å². The average molecular weight is 373 g/mol. The van der Waals surface area contributed by atoms with Gasteiger partial charge in [0.05, 0.1) is 31.9 Å². The summed E-state index contributed by atoms with van der Waals surface area (Å²) in [4.78, 5) is 35.0. The molecule has 2 aromatic rings. The fourth-order valence-corrected chi connectivity index (χ4v) is 3.08. The number of imidazole rings is 1. The first kappa shape index (κ1) is 18.7. The highest BCUT2D eigenvalue weighted by Crippen LogP contribution is 2.28. The largest absolute Gasteiger partial charge is 0.495 e. The lowest BCUT2D eigenvalue weighted by molar-refractivity contribution is -0.134. The van der Waals surface area contributed by atoms with E-state index in [0.717, 1.165) is 11.4 Å². The van der Waals surface area contributed by atoms with Crippen LogP contribution in [0, 0.1) is 0 Å². The normalized spacial score (nSPS) is 15.3. The number of anilines is 1. The van der Waals surface area contributed by atoms with Gasteiger partial charge >= 0.3 is 0 Å². The molecule has 0 bridgehead atoms. The molecular formula is C18H23N5O4. The molecule has 1 aliphatic rings. The van der Waals surface area contributed by atoms with Gasteiger partial charge in [0, 0.05) is 26.2 Å². The topological polar surface area (TPSA) is 111 Å². The number of hydrogen-bond acceptors (Lipinski definition) is 6. The molecule has 1 aromatic carbocycles. The maximum absolute atomic E-state index is 12.7. The van der Waals surface area contributed by atoms with Crippen molar-refractivity contribution in [1.82, 2.24) is 20.2 Å². The van der Waals surface area contributed by atoms with Gasteiger partial charge in [0.25, 0.3) is 5.91 Å². The second-order valence-electron chi connectivity index (χ2n) is 6.16. The summed E-state index contributed by atoms with van der Waals surface area (Å²) in [5, 5.41) is 12.1. The second kappa shape index (κ2) is 8.54. The standard InChI is InChI=1S/C18H23N5O4/c1-27-16-5-3-2-4-15(16)22-6-8-23(9-7-22)18(26)14(11-24)21-17(25)13-10-19-12-20-13/h2-5,10,12,14,24H,6-9,11H2,1H3,(H,19,20)(H,21,25)/t14-/m0/s1. The first-order chi connectivity index (χ1) is 13.1. The van der Waals surface area contributed by atoms with Gasteiger partial charge in [-0.25, -0.2) is 4.98 Å². The van der Waals surface area contributed by atoms with Crippen molar-refractivity contribution in [2.24, 2.45) is 0 Å². The van der Waals surface area contributed by atoms with Crippen molar-refractivity contribution in [3.05, 3.63) is 42.5 Å².